The molecule has 0 radical (unpaired) electrons. The summed E-state index contributed by atoms with van der Waals surface area (Å²) in [7, 11) is 0. The highest BCUT2D eigenvalue weighted by atomic mass is 16.5. The number of aldehydes is 1. The highest BCUT2D eigenvalue weighted by Gasteiger charge is 2.17. The van der Waals surface area contributed by atoms with Crippen molar-refractivity contribution >= 4 is 18.4 Å². The van der Waals surface area contributed by atoms with Crippen molar-refractivity contribution in [3.05, 3.63) is 77.0 Å². The number of ether oxygens (including phenoxy) is 1. The van der Waals surface area contributed by atoms with Crippen molar-refractivity contribution in [2.45, 2.75) is 33.3 Å². The van der Waals surface area contributed by atoms with Gasteiger partial charge in [-0.15, -0.1) is 0 Å². The summed E-state index contributed by atoms with van der Waals surface area (Å²) in [4.78, 5) is 11.0. The number of rotatable bonds is 6. The van der Waals surface area contributed by atoms with E-state index >= 15 is 0 Å². The van der Waals surface area contributed by atoms with Crippen LogP contribution in [0.25, 0.3) is 23.5 Å². The molecule has 27 heavy (non-hydrogen) atoms. The van der Waals surface area contributed by atoms with Gasteiger partial charge in [0.2, 0.25) is 0 Å². The second kappa shape index (κ2) is 7.67. The molecule has 0 unspecified atom stereocenters. The van der Waals surface area contributed by atoms with Crippen LogP contribution in [0.5, 0.6) is 5.75 Å². The molecule has 0 N–H and O–H groups in total. The molecule has 3 aromatic rings. The molecule has 0 aliphatic rings. The van der Waals surface area contributed by atoms with Gasteiger partial charge in [-0.3, -0.25) is 4.79 Å². The van der Waals surface area contributed by atoms with Crippen molar-refractivity contribution in [1.82, 2.24) is 0 Å². The van der Waals surface area contributed by atoms with Crippen LogP contribution >= 0.6 is 0 Å². The van der Waals surface area contributed by atoms with Gasteiger partial charge in [-0.1, -0.05) is 54.1 Å². The summed E-state index contributed by atoms with van der Waals surface area (Å²) in [6.07, 6.45) is 4.88. The summed E-state index contributed by atoms with van der Waals surface area (Å²) in [6.45, 7) is 7.51. The molecule has 0 aliphatic heterocycles. The van der Waals surface area contributed by atoms with E-state index in [1.165, 1.54) is 5.56 Å². The van der Waals surface area contributed by atoms with Crippen LogP contribution < -0.4 is 4.74 Å². The Kier molecular flexibility index (Phi) is 5.31. The zero-order chi connectivity index (χ0) is 19.4. The van der Waals surface area contributed by atoms with Crippen molar-refractivity contribution < 1.29 is 13.9 Å². The van der Waals surface area contributed by atoms with Crippen LogP contribution in [-0.4, -0.2) is 11.9 Å². The van der Waals surface area contributed by atoms with E-state index in [1.807, 2.05) is 43.3 Å². The smallest absolute Gasteiger partial charge is 0.162 e. The minimum atomic E-state index is -0.822. The minimum absolute atomic E-state index is 0.672. The summed E-state index contributed by atoms with van der Waals surface area (Å²) in [5.74, 6) is 2.42. The Balaban J connectivity index is 1.74. The van der Waals surface area contributed by atoms with Crippen molar-refractivity contribution in [3.63, 3.8) is 0 Å². The molecule has 3 rings (SSSR count). The van der Waals surface area contributed by atoms with Gasteiger partial charge >= 0.3 is 0 Å². The van der Waals surface area contributed by atoms with Gasteiger partial charge in [-0.2, -0.15) is 0 Å². The maximum Gasteiger partial charge on any atom is 0.162 e. The van der Waals surface area contributed by atoms with Gasteiger partial charge in [0.15, 0.2) is 11.9 Å². The molecule has 0 spiro atoms. The Labute approximate surface area is 160 Å². The summed E-state index contributed by atoms with van der Waals surface area (Å²) >= 11 is 0. The average molecular weight is 360 g/mol. The molecule has 3 heteroatoms. The fourth-order valence-corrected chi connectivity index (χ4v) is 2.68. The van der Waals surface area contributed by atoms with Gasteiger partial charge in [0.25, 0.3) is 0 Å². The largest absolute Gasteiger partial charge is 0.480 e. The Hall–Kier alpha value is -3.07. The molecule has 2 aromatic carbocycles. The number of furan rings is 1. The lowest BCUT2D eigenvalue weighted by Gasteiger charge is -2.19. The lowest BCUT2D eigenvalue weighted by atomic mass is 10.1. The number of carbonyl (C=O) groups excluding carboxylic acids is 1. The Morgan fingerprint density at radius 3 is 2.22 bits per heavy atom. The van der Waals surface area contributed by atoms with Gasteiger partial charge < -0.3 is 9.15 Å². The van der Waals surface area contributed by atoms with E-state index in [2.05, 4.69) is 37.3 Å². The fourth-order valence-electron chi connectivity index (χ4n) is 2.68. The standard InChI is InChI=1S/C24H24O3/c1-17-5-10-20(11-6-17)23-15-21(18(2)26-23)12-7-19-8-13-22(14-9-19)27-24(3,4)16-25/h5-16H,1-4H3/b12-7-. The molecule has 1 heterocycles. The number of hydrogen-bond donors (Lipinski definition) is 0. The Morgan fingerprint density at radius 1 is 0.926 bits per heavy atom. The first-order chi connectivity index (χ1) is 12.9. The van der Waals surface area contributed by atoms with Crippen molar-refractivity contribution in [1.29, 1.82) is 0 Å². The minimum Gasteiger partial charge on any atom is -0.480 e. The predicted octanol–water partition coefficient (Wildman–Crippen LogP) is 6.09. The lowest BCUT2D eigenvalue weighted by molar-refractivity contribution is -0.118. The highest BCUT2D eigenvalue weighted by Crippen LogP contribution is 2.27. The number of aryl methyl sites for hydroxylation is 2. The third kappa shape index (κ3) is 4.76. The molecule has 0 fully saturated rings. The van der Waals surface area contributed by atoms with E-state index in [0.717, 1.165) is 34.5 Å². The van der Waals surface area contributed by atoms with E-state index in [0.29, 0.717) is 5.75 Å². The molecular formula is C24H24O3. The van der Waals surface area contributed by atoms with E-state index in [9.17, 15) is 4.79 Å². The Morgan fingerprint density at radius 2 is 1.59 bits per heavy atom. The Bertz CT molecular complexity index is 942. The summed E-state index contributed by atoms with van der Waals surface area (Å²) < 4.78 is 11.6. The average Bonchev–Trinajstić information content (AvgIpc) is 3.02. The number of carbonyl (C=O) groups is 1. The molecule has 0 saturated heterocycles. The molecule has 0 saturated carbocycles. The van der Waals surface area contributed by atoms with E-state index in [1.54, 1.807) is 13.8 Å². The fraction of sp³-hybridized carbons (Fsp3) is 0.208. The molecule has 0 aliphatic carbocycles. The molecule has 0 bridgehead atoms. The van der Waals surface area contributed by atoms with E-state index < -0.39 is 5.60 Å². The number of hydrogen-bond acceptors (Lipinski definition) is 3. The van der Waals surface area contributed by atoms with E-state index in [-0.39, 0.29) is 0 Å². The first kappa shape index (κ1) is 18.7. The first-order valence-electron chi connectivity index (χ1n) is 8.97. The maximum absolute atomic E-state index is 11.0. The molecule has 1 aromatic heterocycles. The summed E-state index contributed by atoms with van der Waals surface area (Å²) in [5.41, 5.74) is 3.57. The maximum atomic E-state index is 11.0. The molecule has 138 valence electrons. The van der Waals surface area contributed by atoms with Gasteiger partial charge in [-0.05, 0) is 51.5 Å². The quantitative estimate of drug-likeness (QED) is 0.499. The van der Waals surface area contributed by atoms with Crippen LogP contribution in [0, 0.1) is 13.8 Å². The second-order valence-electron chi connectivity index (χ2n) is 7.21. The van der Waals surface area contributed by atoms with Crippen LogP contribution in [-0.2, 0) is 4.79 Å². The normalized spacial score (nSPS) is 11.7. The zero-order valence-electron chi connectivity index (χ0n) is 16.2. The number of benzene rings is 2. The van der Waals surface area contributed by atoms with Crippen LogP contribution in [0.1, 0.15) is 36.3 Å². The van der Waals surface area contributed by atoms with Gasteiger partial charge in [-0.25, -0.2) is 0 Å². The topological polar surface area (TPSA) is 39.4 Å². The third-order valence-electron chi connectivity index (χ3n) is 4.29. The van der Waals surface area contributed by atoms with E-state index in [4.69, 9.17) is 9.15 Å². The summed E-state index contributed by atoms with van der Waals surface area (Å²) in [6, 6.07) is 18.0. The third-order valence-corrected chi connectivity index (χ3v) is 4.29. The monoisotopic (exact) mass is 360 g/mol. The zero-order valence-corrected chi connectivity index (χ0v) is 16.2. The predicted molar refractivity (Wildman–Crippen MR) is 110 cm³/mol. The van der Waals surface area contributed by atoms with Gasteiger partial charge in [0.05, 0.1) is 0 Å². The van der Waals surface area contributed by atoms with Crippen molar-refractivity contribution in [2.75, 3.05) is 0 Å². The molecule has 0 amide bonds. The molecule has 3 nitrogen and oxygen atoms in total. The SMILES string of the molecule is Cc1ccc(-c2cc(/C=C\c3ccc(OC(C)(C)C=O)cc3)c(C)o2)cc1. The van der Waals surface area contributed by atoms with Crippen LogP contribution in [0.3, 0.4) is 0 Å². The van der Waals surface area contributed by atoms with Crippen LogP contribution in [0.4, 0.5) is 0 Å². The van der Waals surface area contributed by atoms with Crippen molar-refractivity contribution in [3.8, 4) is 17.1 Å². The summed E-state index contributed by atoms with van der Waals surface area (Å²) in [5, 5.41) is 0. The molecular weight excluding hydrogens is 336 g/mol. The molecule has 0 atom stereocenters. The first-order valence-corrected chi connectivity index (χ1v) is 8.97. The van der Waals surface area contributed by atoms with Gasteiger partial charge in [0, 0.05) is 11.1 Å². The van der Waals surface area contributed by atoms with Crippen LogP contribution in [0.15, 0.2) is 59.0 Å². The van der Waals surface area contributed by atoms with Gasteiger partial charge in [0.1, 0.15) is 17.3 Å². The van der Waals surface area contributed by atoms with Crippen molar-refractivity contribution in [2.24, 2.45) is 0 Å². The second-order valence-corrected chi connectivity index (χ2v) is 7.21. The van der Waals surface area contributed by atoms with Crippen LogP contribution in [0.2, 0.25) is 0 Å². The lowest BCUT2D eigenvalue weighted by Crippen LogP contribution is -2.29. The highest BCUT2D eigenvalue weighted by molar-refractivity contribution is 5.73.